The average Bonchev–Trinajstić information content (AvgIpc) is 2.74. The Kier molecular flexibility index (Phi) is 6.96. The second-order valence-corrected chi connectivity index (χ2v) is 6.89. The number of rotatable bonds is 6. The zero-order valence-corrected chi connectivity index (χ0v) is 17.2. The molecule has 2 amide bonds. The number of aryl methyl sites for hydroxylation is 1. The molecular formula is C25H22N2O4. The topological polar surface area (TPSA) is 84.5 Å². The van der Waals surface area contributed by atoms with Crippen molar-refractivity contribution in [3.05, 3.63) is 95.6 Å². The monoisotopic (exact) mass is 414 g/mol. The smallest absolute Gasteiger partial charge is 0.308 e. The van der Waals surface area contributed by atoms with E-state index >= 15 is 0 Å². The van der Waals surface area contributed by atoms with E-state index in [1.165, 1.54) is 19.1 Å². The molecule has 0 spiro atoms. The number of hydrogen-bond donors (Lipinski definition) is 2. The van der Waals surface area contributed by atoms with Crippen LogP contribution in [0.5, 0.6) is 5.75 Å². The molecule has 156 valence electrons. The molecule has 6 nitrogen and oxygen atoms in total. The van der Waals surface area contributed by atoms with Gasteiger partial charge in [-0.25, -0.2) is 0 Å². The molecule has 0 fully saturated rings. The lowest BCUT2D eigenvalue weighted by Crippen LogP contribution is -2.12. The van der Waals surface area contributed by atoms with Crippen molar-refractivity contribution < 1.29 is 19.1 Å². The summed E-state index contributed by atoms with van der Waals surface area (Å²) in [7, 11) is 0. The van der Waals surface area contributed by atoms with Gasteiger partial charge in [-0.1, -0.05) is 35.9 Å². The molecule has 3 rings (SSSR count). The fraction of sp³-hybridized carbons (Fsp3) is 0.0800. The molecule has 0 aromatic heterocycles. The molecule has 0 heterocycles. The number of carbonyl (C=O) groups is 3. The van der Waals surface area contributed by atoms with Crippen molar-refractivity contribution in [3.8, 4) is 5.75 Å². The molecule has 0 radical (unpaired) electrons. The minimum absolute atomic E-state index is 0.250. The molecule has 0 aliphatic heterocycles. The lowest BCUT2D eigenvalue weighted by atomic mass is 10.1. The number of benzene rings is 3. The Balaban J connectivity index is 1.57. The van der Waals surface area contributed by atoms with E-state index in [9.17, 15) is 14.4 Å². The van der Waals surface area contributed by atoms with Gasteiger partial charge in [0.2, 0.25) is 5.91 Å². The van der Waals surface area contributed by atoms with Gasteiger partial charge in [0.05, 0.1) is 0 Å². The summed E-state index contributed by atoms with van der Waals surface area (Å²) in [5, 5.41) is 5.54. The van der Waals surface area contributed by atoms with Crippen molar-refractivity contribution in [2.75, 3.05) is 10.6 Å². The lowest BCUT2D eigenvalue weighted by Gasteiger charge is -2.08. The van der Waals surface area contributed by atoms with E-state index in [2.05, 4.69) is 10.6 Å². The zero-order valence-electron chi connectivity index (χ0n) is 17.2. The zero-order chi connectivity index (χ0) is 22.2. The van der Waals surface area contributed by atoms with Crippen LogP contribution < -0.4 is 15.4 Å². The summed E-state index contributed by atoms with van der Waals surface area (Å²) in [6, 6.07) is 21.0. The molecule has 0 aliphatic carbocycles. The van der Waals surface area contributed by atoms with Gasteiger partial charge in [0.15, 0.2) is 0 Å². The molecule has 3 aromatic carbocycles. The molecule has 0 unspecified atom stereocenters. The highest BCUT2D eigenvalue weighted by molar-refractivity contribution is 6.05. The van der Waals surface area contributed by atoms with E-state index in [1.54, 1.807) is 48.5 Å². The van der Waals surface area contributed by atoms with E-state index < -0.39 is 5.97 Å². The number of ether oxygens (including phenoxy) is 1. The van der Waals surface area contributed by atoms with Crippen molar-refractivity contribution in [2.45, 2.75) is 13.8 Å². The molecule has 31 heavy (non-hydrogen) atoms. The Labute approximate surface area is 180 Å². The van der Waals surface area contributed by atoms with Gasteiger partial charge in [-0.2, -0.15) is 0 Å². The Bertz CT molecular complexity index is 1120. The second kappa shape index (κ2) is 10.0. The third kappa shape index (κ3) is 6.68. The van der Waals surface area contributed by atoms with Gasteiger partial charge in [0.25, 0.3) is 5.91 Å². The summed E-state index contributed by atoms with van der Waals surface area (Å²) in [4.78, 5) is 35.6. The molecule has 0 saturated carbocycles. The molecule has 2 N–H and O–H groups in total. The van der Waals surface area contributed by atoms with E-state index in [4.69, 9.17) is 4.74 Å². The van der Waals surface area contributed by atoms with Crippen LogP contribution in [-0.4, -0.2) is 17.8 Å². The average molecular weight is 414 g/mol. The van der Waals surface area contributed by atoms with Crippen molar-refractivity contribution >= 4 is 35.2 Å². The maximum Gasteiger partial charge on any atom is 0.308 e. The van der Waals surface area contributed by atoms with Crippen LogP contribution in [0.4, 0.5) is 11.4 Å². The van der Waals surface area contributed by atoms with E-state index in [1.807, 2.05) is 31.2 Å². The molecule has 3 aromatic rings. The van der Waals surface area contributed by atoms with Gasteiger partial charge < -0.3 is 15.4 Å². The first kappa shape index (κ1) is 21.5. The Morgan fingerprint density at radius 3 is 2.13 bits per heavy atom. The highest BCUT2D eigenvalue weighted by Gasteiger charge is 2.08. The van der Waals surface area contributed by atoms with Crippen LogP contribution >= 0.6 is 0 Å². The Morgan fingerprint density at radius 2 is 1.48 bits per heavy atom. The van der Waals surface area contributed by atoms with Crippen LogP contribution in [0.15, 0.2) is 78.9 Å². The maximum atomic E-state index is 12.4. The van der Waals surface area contributed by atoms with Gasteiger partial charge in [0.1, 0.15) is 5.75 Å². The first-order valence-electron chi connectivity index (χ1n) is 9.65. The highest BCUT2D eigenvalue weighted by Crippen LogP contribution is 2.17. The number of nitrogens with one attached hydrogen (secondary N) is 2. The van der Waals surface area contributed by atoms with E-state index in [0.717, 1.165) is 11.1 Å². The van der Waals surface area contributed by atoms with E-state index in [-0.39, 0.29) is 11.8 Å². The van der Waals surface area contributed by atoms with E-state index in [0.29, 0.717) is 22.7 Å². The lowest BCUT2D eigenvalue weighted by molar-refractivity contribution is -0.131. The standard InChI is InChI=1S/C25H22N2O4/c1-17-6-8-19(9-7-17)10-15-24(29)26-21-11-13-22(14-12-21)27-25(30)20-4-3-5-23(16-20)31-18(2)28/h3-16H,1-2H3,(H,26,29)(H,27,30)/b15-10+. The summed E-state index contributed by atoms with van der Waals surface area (Å²) in [5.74, 6) is -0.743. The summed E-state index contributed by atoms with van der Waals surface area (Å²) in [6.45, 7) is 3.30. The third-order valence-corrected chi connectivity index (χ3v) is 4.27. The summed E-state index contributed by atoms with van der Waals surface area (Å²) < 4.78 is 5.00. The van der Waals surface area contributed by atoms with Gasteiger partial charge in [-0.05, 0) is 61.0 Å². The van der Waals surface area contributed by atoms with Gasteiger partial charge >= 0.3 is 5.97 Å². The van der Waals surface area contributed by atoms with Gasteiger partial charge in [-0.3, -0.25) is 14.4 Å². The quantitative estimate of drug-likeness (QED) is 0.344. The first-order valence-corrected chi connectivity index (χ1v) is 9.65. The summed E-state index contributed by atoms with van der Waals surface area (Å²) >= 11 is 0. The third-order valence-electron chi connectivity index (χ3n) is 4.27. The van der Waals surface area contributed by atoms with Crippen LogP contribution in [0.2, 0.25) is 0 Å². The summed E-state index contributed by atoms with van der Waals surface area (Å²) in [6.07, 6.45) is 3.21. The van der Waals surface area contributed by atoms with Gasteiger partial charge in [0, 0.05) is 29.9 Å². The Hall–Kier alpha value is -4.19. The van der Waals surface area contributed by atoms with Crippen LogP contribution in [0.25, 0.3) is 6.08 Å². The Morgan fingerprint density at radius 1 is 0.839 bits per heavy atom. The number of hydrogen-bond acceptors (Lipinski definition) is 4. The SMILES string of the molecule is CC(=O)Oc1cccc(C(=O)Nc2ccc(NC(=O)/C=C/c3ccc(C)cc3)cc2)c1. The molecule has 0 bridgehead atoms. The number of amides is 2. The van der Waals surface area contributed by atoms with Crippen LogP contribution in [-0.2, 0) is 9.59 Å². The first-order chi connectivity index (χ1) is 14.9. The fourth-order valence-corrected chi connectivity index (χ4v) is 2.74. The summed E-state index contributed by atoms with van der Waals surface area (Å²) in [5.41, 5.74) is 3.63. The minimum atomic E-state index is -0.455. The highest BCUT2D eigenvalue weighted by atomic mass is 16.5. The molecule has 6 heteroatoms. The largest absolute Gasteiger partial charge is 0.427 e. The van der Waals surface area contributed by atoms with Crippen LogP contribution in [0, 0.1) is 6.92 Å². The maximum absolute atomic E-state index is 12.4. The van der Waals surface area contributed by atoms with Crippen molar-refractivity contribution in [1.29, 1.82) is 0 Å². The van der Waals surface area contributed by atoms with Crippen molar-refractivity contribution in [3.63, 3.8) is 0 Å². The van der Waals surface area contributed by atoms with Crippen LogP contribution in [0.3, 0.4) is 0 Å². The molecule has 0 aliphatic rings. The predicted octanol–water partition coefficient (Wildman–Crippen LogP) is 4.82. The predicted molar refractivity (Wildman–Crippen MR) is 121 cm³/mol. The van der Waals surface area contributed by atoms with Crippen molar-refractivity contribution in [1.82, 2.24) is 0 Å². The molecular weight excluding hydrogens is 392 g/mol. The van der Waals surface area contributed by atoms with Crippen molar-refractivity contribution in [2.24, 2.45) is 0 Å². The molecule has 0 atom stereocenters. The van der Waals surface area contributed by atoms with Gasteiger partial charge in [-0.15, -0.1) is 0 Å². The number of anilines is 2. The number of esters is 1. The van der Waals surface area contributed by atoms with Crippen LogP contribution in [0.1, 0.15) is 28.4 Å². The second-order valence-electron chi connectivity index (χ2n) is 6.89. The fourth-order valence-electron chi connectivity index (χ4n) is 2.74. The minimum Gasteiger partial charge on any atom is -0.427 e. The normalized spacial score (nSPS) is 10.5. The number of carbonyl (C=O) groups excluding carboxylic acids is 3. The molecule has 0 saturated heterocycles.